The molecule has 156 valence electrons. The fraction of sp³-hybridized carbons (Fsp3) is 0.500. The number of urea groups is 1. The summed E-state index contributed by atoms with van der Waals surface area (Å²) in [5.74, 6) is 0. The highest BCUT2D eigenvalue weighted by Crippen LogP contribution is 2.42. The lowest BCUT2D eigenvalue weighted by atomic mass is 10.1. The summed E-state index contributed by atoms with van der Waals surface area (Å²) >= 11 is 0.941. The number of nitrogens with one attached hydrogen (secondary N) is 1. The maximum absolute atomic E-state index is 14.2. The number of carbonyl (C=O) groups is 1. The van der Waals surface area contributed by atoms with E-state index in [1.54, 1.807) is 13.8 Å². The summed E-state index contributed by atoms with van der Waals surface area (Å²) in [5.41, 5.74) is 2.08. The van der Waals surface area contributed by atoms with Crippen LogP contribution in [0.3, 0.4) is 0 Å². The van der Waals surface area contributed by atoms with Gasteiger partial charge in [0.2, 0.25) is 0 Å². The Labute approximate surface area is 172 Å². The zero-order valence-corrected chi connectivity index (χ0v) is 17.7. The molecule has 2 aliphatic rings. The van der Waals surface area contributed by atoms with Crippen molar-refractivity contribution in [1.82, 2.24) is 9.97 Å². The zero-order valence-electron chi connectivity index (χ0n) is 16.1. The van der Waals surface area contributed by atoms with Crippen LogP contribution in [0.5, 0.6) is 0 Å². The molecular formula is C18H22FN5O3S2. The number of nitrogens with zero attached hydrogens (tertiary/aromatic N) is 3. The minimum atomic E-state index is -3.54. The maximum Gasteiger partial charge on any atom is 0.354 e. The zero-order chi connectivity index (χ0) is 21.0. The Kier molecular flexibility index (Phi) is 4.96. The monoisotopic (exact) mass is 439 g/mol. The van der Waals surface area contributed by atoms with Crippen molar-refractivity contribution in [3.8, 4) is 0 Å². The number of aryl methyl sites for hydroxylation is 1. The number of anilines is 1. The van der Waals surface area contributed by atoms with Gasteiger partial charge in [-0.25, -0.2) is 23.5 Å². The molecule has 0 saturated heterocycles. The lowest BCUT2D eigenvalue weighted by Gasteiger charge is -2.14. The number of alkyl halides is 1. The van der Waals surface area contributed by atoms with Crippen molar-refractivity contribution in [2.24, 2.45) is 9.50 Å². The Bertz CT molecular complexity index is 1120. The number of rotatable bonds is 3. The van der Waals surface area contributed by atoms with E-state index in [1.165, 1.54) is 6.20 Å². The molecule has 0 unspecified atom stereocenters. The minimum absolute atomic E-state index is 0.0961. The molecule has 4 N–H and O–H groups in total. The maximum atomic E-state index is 14.2. The summed E-state index contributed by atoms with van der Waals surface area (Å²) in [5, 5.41) is 18.8. The normalized spacial score (nSPS) is 20.1. The van der Waals surface area contributed by atoms with Crippen molar-refractivity contribution in [2.75, 3.05) is 5.32 Å². The van der Waals surface area contributed by atoms with Crippen LogP contribution in [0.4, 0.5) is 14.9 Å². The predicted octanol–water partition coefficient (Wildman–Crippen LogP) is 3.14. The number of amides is 2. The van der Waals surface area contributed by atoms with Gasteiger partial charge in [0.15, 0.2) is 9.92 Å². The van der Waals surface area contributed by atoms with Crippen molar-refractivity contribution in [3.05, 3.63) is 33.7 Å². The Morgan fingerprint density at radius 1 is 1.41 bits per heavy atom. The van der Waals surface area contributed by atoms with Gasteiger partial charge in [-0.3, -0.25) is 4.98 Å². The highest BCUT2D eigenvalue weighted by Gasteiger charge is 2.32. The predicted molar refractivity (Wildman–Crippen MR) is 108 cm³/mol. The second kappa shape index (κ2) is 7.08. The van der Waals surface area contributed by atoms with E-state index in [0.29, 0.717) is 34.8 Å². The van der Waals surface area contributed by atoms with Crippen molar-refractivity contribution in [2.45, 2.75) is 61.9 Å². The van der Waals surface area contributed by atoms with Crippen molar-refractivity contribution in [1.29, 1.82) is 0 Å². The largest absolute Gasteiger partial charge is 0.383 e. The topological polar surface area (TPSA) is 131 Å². The number of aliphatic hydroxyl groups is 1. The van der Waals surface area contributed by atoms with Crippen LogP contribution < -0.4 is 10.5 Å². The van der Waals surface area contributed by atoms with Gasteiger partial charge in [0, 0.05) is 11.3 Å². The second-order valence-corrected chi connectivity index (χ2v) is 10.8. The van der Waals surface area contributed by atoms with Crippen molar-refractivity contribution >= 4 is 33.0 Å². The number of hydrogen-bond acceptors (Lipinski definition) is 6. The van der Waals surface area contributed by atoms with Gasteiger partial charge < -0.3 is 10.4 Å². The standard InChI is InChI=1S/C18H22FN5O3S2/c1-18(2,26)16-21-8-13(28-16)29(20,27)24-17(25)23-14-9-4-3-5-12(9)22-15-10(14)6-7-11(15)19/h8,11,26H,3-7H2,1-2H3,(H3,20,22,23,24,25,27)/t11-,29+/m0/s1. The summed E-state index contributed by atoms with van der Waals surface area (Å²) in [6.45, 7) is 3.08. The Morgan fingerprint density at radius 2 is 2.17 bits per heavy atom. The van der Waals surface area contributed by atoms with E-state index in [0.717, 1.165) is 41.9 Å². The third-order valence-corrected chi connectivity index (χ3v) is 8.24. The van der Waals surface area contributed by atoms with Crippen LogP contribution in [-0.4, -0.2) is 25.3 Å². The molecule has 0 saturated carbocycles. The van der Waals surface area contributed by atoms with E-state index in [2.05, 4.69) is 19.6 Å². The van der Waals surface area contributed by atoms with Crippen molar-refractivity contribution in [3.63, 3.8) is 0 Å². The van der Waals surface area contributed by atoms with Crippen LogP contribution in [0.1, 0.15) is 60.4 Å². The summed E-state index contributed by atoms with van der Waals surface area (Å²) in [6.07, 6.45) is 3.30. The highest BCUT2D eigenvalue weighted by molar-refractivity contribution is 7.93. The van der Waals surface area contributed by atoms with E-state index in [1.807, 2.05) is 0 Å². The van der Waals surface area contributed by atoms with Crippen LogP contribution in [0, 0.1) is 0 Å². The molecule has 2 aliphatic carbocycles. The first kappa shape index (κ1) is 20.3. The first-order valence-electron chi connectivity index (χ1n) is 9.29. The minimum Gasteiger partial charge on any atom is -0.383 e. The summed E-state index contributed by atoms with van der Waals surface area (Å²) in [7, 11) is -3.54. The average molecular weight is 440 g/mol. The van der Waals surface area contributed by atoms with Gasteiger partial charge in [-0.1, -0.05) is 0 Å². The molecule has 0 radical (unpaired) electrons. The van der Waals surface area contributed by atoms with Gasteiger partial charge in [0.25, 0.3) is 0 Å². The second-order valence-electron chi connectivity index (χ2n) is 7.77. The smallest absolute Gasteiger partial charge is 0.354 e. The number of nitrogens with two attached hydrogens (primary N) is 1. The van der Waals surface area contributed by atoms with Crippen LogP contribution in [0.2, 0.25) is 0 Å². The molecule has 0 aromatic carbocycles. The van der Waals surface area contributed by atoms with Crippen LogP contribution in [0.15, 0.2) is 14.8 Å². The molecule has 2 heterocycles. The Hall–Kier alpha value is -1.95. The van der Waals surface area contributed by atoms with Gasteiger partial charge in [0.05, 0.1) is 17.6 Å². The lowest BCUT2D eigenvalue weighted by Crippen LogP contribution is -2.18. The molecule has 2 atom stereocenters. The third kappa shape index (κ3) is 3.79. The molecule has 11 heteroatoms. The molecule has 2 aromatic heterocycles. The van der Waals surface area contributed by atoms with E-state index in [-0.39, 0.29) is 4.21 Å². The molecule has 2 amide bonds. The Morgan fingerprint density at radius 3 is 2.86 bits per heavy atom. The van der Waals surface area contributed by atoms with E-state index >= 15 is 0 Å². The van der Waals surface area contributed by atoms with Crippen molar-refractivity contribution < 1.29 is 18.5 Å². The number of aromatic nitrogens is 2. The van der Waals surface area contributed by atoms with Crippen LogP contribution >= 0.6 is 11.3 Å². The SMILES string of the molecule is CC(C)(O)c1ncc([S@](N)(=O)=NC(=O)Nc2c3c(nc4c2CC[C@@H]4F)CCC3)s1. The number of thiazole rings is 1. The molecule has 0 fully saturated rings. The number of fused-ring (bicyclic) bond motifs is 2. The molecule has 0 aliphatic heterocycles. The van der Waals surface area contributed by atoms with Gasteiger partial charge >= 0.3 is 6.03 Å². The van der Waals surface area contributed by atoms with Crippen LogP contribution in [0.25, 0.3) is 0 Å². The molecule has 8 nitrogen and oxygen atoms in total. The quantitative estimate of drug-likeness (QED) is 0.676. The summed E-state index contributed by atoms with van der Waals surface area (Å²) in [4.78, 5) is 21.0. The number of carbonyl (C=O) groups excluding carboxylic acids is 1. The summed E-state index contributed by atoms with van der Waals surface area (Å²) in [6, 6.07) is -0.861. The van der Waals surface area contributed by atoms with E-state index < -0.39 is 27.7 Å². The van der Waals surface area contributed by atoms with Gasteiger partial charge in [-0.15, -0.1) is 15.7 Å². The lowest BCUT2D eigenvalue weighted by molar-refractivity contribution is 0.0783. The van der Waals surface area contributed by atoms with E-state index in [9.17, 15) is 18.5 Å². The molecule has 4 rings (SSSR count). The molecular weight excluding hydrogens is 417 g/mol. The number of halogens is 1. The molecule has 0 bridgehead atoms. The first-order chi connectivity index (χ1) is 13.6. The average Bonchev–Trinajstić information content (AvgIpc) is 3.33. The fourth-order valence-electron chi connectivity index (χ4n) is 3.69. The summed E-state index contributed by atoms with van der Waals surface area (Å²) < 4.78 is 30.8. The number of pyridine rings is 1. The van der Waals surface area contributed by atoms with Gasteiger partial charge in [-0.2, -0.15) is 0 Å². The third-order valence-electron chi connectivity index (χ3n) is 5.05. The van der Waals surface area contributed by atoms with E-state index in [4.69, 9.17) is 5.14 Å². The molecule has 2 aromatic rings. The van der Waals surface area contributed by atoms with Crippen LogP contribution in [-0.2, 0) is 34.8 Å². The fourth-order valence-corrected chi connectivity index (χ4v) is 5.75. The molecule has 0 spiro atoms. The number of hydrogen-bond donors (Lipinski definition) is 3. The Balaban J connectivity index is 1.66. The highest BCUT2D eigenvalue weighted by atomic mass is 32.2. The first-order valence-corrected chi connectivity index (χ1v) is 11.7. The molecule has 29 heavy (non-hydrogen) atoms. The van der Waals surface area contributed by atoms with Gasteiger partial charge in [0.1, 0.15) is 21.0 Å². The van der Waals surface area contributed by atoms with Gasteiger partial charge in [-0.05, 0) is 51.5 Å².